The maximum atomic E-state index is 14.0. The van der Waals surface area contributed by atoms with E-state index in [1.165, 1.54) is 28.6 Å². The van der Waals surface area contributed by atoms with Crippen molar-refractivity contribution in [3.63, 3.8) is 0 Å². The Kier molecular flexibility index (Phi) is 24.9. The molecule has 2 aliphatic rings. The molecule has 27 nitrogen and oxygen atoms in total. The standard InChI is InChI=1S/C68H92N8O19Si/c1-42(2)60(80)71-64-70-59-56(62(82)72-64)69-41-76(59)63-57(92-48(11)78)58(93-49(12)79)67(95-63,40-89-47(10)77)39-88-33-32-87-31-30-86-29-28-74-35-55(75-34-46(9)61(81)73-65(75)83)94-66(36-74,38-91-96(43(3)4,44(5)6)45(7)8)37-90-68(50-18-16-15-17-19-50,51-20-24-53(84-13)25-21-51)52-22-26-54(85-14)27-23-52/h15-27,34,41-45,55,57-58,63H,28-33,35-40H2,1-14H3,(H,73,81,83)(H2,70,71,72,80,82)/t55-,57-,58+,63-,66+,67-/m1/s1. The minimum atomic E-state index is -2.65. The predicted molar refractivity (Wildman–Crippen MR) is 355 cm³/mol. The molecule has 3 aromatic carbocycles. The number of hydrogen-bond acceptors (Lipinski definition) is 22. The third kappa shape index (κ3) is 16.9. The largest absolute Gasteiger partial charge is 0.497 e. The number of aromatic amines is 2. The molecular formula is C68H92N8O19Si. The number of nitrogens with zero attached hydrogens (tertiary/aromatic N) is 5. The Morgan fingerprint density at radius 1 is 0.688 bits per heavy atom. The van der Waals surface area contributed by atoms with Crippen LogP contribution in [0.2, 0.25) is 16.6 Å². The molecule has 8 rings (SSSR count). The zero-order chi connectivity index (χ0) is 69.7. The van der Waals surface area contributed by atoms with Crippen LogP contribution in [0.5, 0.6) is 11.5 Å². The van der Waals surface area contributed by atoms with Crippen LogP contribution >= 0.6 is 0 Å². The summed E-state index contributed by atoms with van der Waals surface area (Å²) in [6.07, 6.45) is -2.54. The number of aryl methyl sites for hydroxylation is 1. The first-order valence-electron chi connectivity index (χ1n) is 32.2. The fourth-order valence-corrected chi connectivity index (χ4v) is 18.5. The Labute approximate surface area is 558 Å². The maximum absolute atomic E-state index is 14.0. The van der Waals surface area contributed by atoms with Gasteiger partial charge in [-0.2, -0.15) is 4.98 Å². The lowest BCUT2D eigenvalue weighted by Gasteiger charge is -2.50. The van der Waals surface area contributed by atoms with Crippen molar-refractivity contribution in [3.8, 4) is 11.5 Å². The van der Waals surface area contributed by atoms with Crippen LogP contribution in [0.3, 0.4) is 0 Å². The average molecular weight is 1350 g/mol. The molecule has 0 saturated carbocycles. The molecule has 0 spiro atoms. The van der Waals surface area contributed by atoms with Gasteiger partial charge in [-0.1, -0.05) is 110 Å². The van der Waals surface area contributed by atoms with Gasteiger partial charge in [0.25, 0.3) is 11.1 Å². The van der Waals surface area contributed by atoms with Gasteiger partial charge < -0.3 is 56.5 Å². The van der Waals surface area contributed by atoms with Crippen molar-refractivity contribution < 1.29 is 75.7 Å². The van der Waals surface area contributed by atoms with Crippen molar-refractivity contribution in [1.82, 2.24) is 34.0 Å². The number of ether oxygens (including phenoxy) is 11. The molecule has 0 radical (unpaired) electrons. The van der Waals surface area contributed by atoms with Gasteiger partial charge in [0, 0.05) is 58.1 Å². The van der Waals surface area contributed by atoms with Crippen LogP contribution in [0.4, 0.5) is 5.95 Å². The topological polar surface area (TPSA) is 313 Å². The molecule has 96 heavy (non-hydrogen) atoms. The van der Waals surface area contributed by atoms with Crippen LogP contribution in [0.25, 0.3) is 11.2 Å². The quantitative estimate of drug-likeness (QED) is 0.0122. The first kappa shape index (κ1) is 73.9. The first-order valence-corrected chi connectivity index (χ1v) is 34.4. The van der Waals surface area contributed by atoms with Crippen LogP contribution in [-0.4, -0.2) is 183 Å². The molecule has 2 fully saturated rings. The van der Waals surface area contributed by atoms with E-state index in [9.17, 15) is 33.6 Å². The van der Waals surface area contributed by atoms with E-state index in [2.05, 4.69) is 71.7 Å². The molecule has 2 aliphatic heterocycles. The lowest BCUT2D eigenvalue weighted by molar-refractivity contribution is -0.229. The second-order valence-electron chi connectivity index (χ2n) is 25.5. The molecule has 5 heterocycles. The van der Waals surface area contributed by atoms with E-state index >= 15 is 0 Å². The average Bonchev–Trinajstić information content (AvgIpc) is 1.53. The van der Waals surface area contributed by atoms with Gasteiger partial charge in [-0.25, -0.2) is 9.78 Å². The summed E-state index contributed by atoms with van der Waals surface area (Å²) in [6.45, 7) is 22.1. The number of benzene rings is 3. The van der Waals surface area contributed by atoms with Gasteiger partial charge in [0.2, 0.25) is 11.9 Å². The third-order valence-corrected chi connectivity index (χ3v) is 23.5. The van der Waals surface area contributed by atoms with Crippen molar-refractivity contribution in [3.05, 3.63) is 145 Å². The monoisotopic (exact) mass is 1350 g/mol. The normalized spacial score (nSPS) is 20.1. The Bertz CT molecular complexity index is 3710. The second kappa shape index (κ2) is 32.4. The number of carbonyl (C=O) groups is 4. The summed E-state index contributed by atoms with van der Waals surface area (Å²) < 4.78 is 78.7. The van der Waals surface area contributed by atoms with E-state index in [-0.39, 0.29) is 93.1 Å². The number of hydrogen-bond donors (Lipinski definition) is 3. The number of H-pyrrole nitrogens is 2. The van der Waals surface area contributed by atoms with Crippen LogP contribution < -0.4 is 31.6 Å². The Balaban J connectivity index is 1.02. The number of rotatable bonds is 33. The number of aromatic nitrogens is 6. The van der Waals surface area contributed by atoms with E-state index in [0.717, 1.165) is 30.5 Å². The van der Waals surface area contributed by atoms with Gasteiger partial charge in [-0.05, 0) is 64.5 Å². The SMILES string of the molecule is COc1ccc(C(OC[C@]2(CO[Si](C(C)C)(C(C)C)C(C)C)CN(CCOCCOCCOC[C@]3(COC(C)=O)O[C@@H](n4cnc5c(=O)[nH]c(NC(=O)C(C)C)nc54)[C@H](OC(C)=O)[C@@H]3OC(C)=O)C[C@H](n3cc(C)c(=O)[nH]c3=O)O2)(c2ccccc2)c2ccc(OC)cc2)cc1. The van der Waals surface area contributed by atoms with Crippen LogP contribution in [0.15, 0.2) is 106 Å². The summed E-state index contributed by atoms with van der Waals surface area (Å²) in [5.74, 6) is -2.07. The zero-order valence-electron chi connectivity index (χ0n) is 57.3. The lowest BCUT2D eigenvalue weighted by atomic mass is 9.79. The number of amides is 1. The summed E-state index contributed by atoms with van der Waals surface area (Å²) in [7, 11) is 0.589. The highest BCUT2D eigenvalue weighted by atomic mass is 28.4. The molecule has 522 valence electrons. The van der Waals surface area contributed by atoms with Crippen molar-refractivity contribution in [1.29, 1.82) is 0 Å². The number of fused-ring (bicyclic) bond motifs is 1. The fraction of sp³-hybridized carbons (Fsp3) is 0.544. The molecule has 1 amide bonds. The van der Waals surface area contributed by atoms with E-state index < -0.39 is 110 Å². The summed E-state index contributed by atoms with van der Waals surface area (Å²) in [6, 6.07) is 25.5. The predicted octanol–water partition coefficient (Wildman–Crippen LogP) is 7.10. The molecule has 0 bridgehead atoms. The van der Waals surface area contributed by atoms with E-state index in [1.54, 1.807) is 35.0 Å². The van der Waals surface area contributed by atoms with Crippen LogP contribution in [-0.2, 0) is 71.8 Å². The minimum absolute atomic E-state index is 0.0260. The first-order chi connectivity index (χ1) is 45.7. The van der Waals surface area contributed by atoms with Gasteiger partial charge in [-0.3, -0.25) is 58.1 Å². The number of nitrogens with one attached hydrogen (secondary N) is 3. The molecule has 3 N–H and O–H groups in total. The van der Waals surface area contributed by atoms with E-state index in [4.69, 9.17) is 56.5 Å². The van der Waals surface area contributed by atoms with Gasteiger partial charge >= 0.3 is 23.6 Å². The summed E-state index contributed by atoms with van der Waals surface area (Å²) in [4.78, 5) is 107. The van der Waals surface area contributed by atoms with Crippen molar-refractivity contribution >= 4 is 49.2 Å². The number of methoxy groups -OCH3 is 2. The Morgan fingerprint density at radius 2 is 1.27 bits per heavy atom. The molecule has 0 unspecified atom stereocenters. The Hall–Kier alpha value is -7.93. The molecule has 6 aromatic rings. The third-order valence-electron chi connectivity index (χ3n) is 17.5. The minimum Gasteiger partial charge on any atom is -0.497 e. The zero-order valence-corrected chi connectivity index (χ0v) is 58.3. The second-order valence-corrected chi connectivity index (χ2v) is 30.9. The molecule has 28 heteroatoms. The highest BCUT2D eigenvalue weighted by molar-refractivity contribution is 6.77. The summed E-state index contributed by atoms with van der Waals surface area (Å²) in [5.41, 5.74) is -3.14. The molecule has 3 aromatic heterocycles. The number of anilines is 1. The van der Waals surface area contributed by atoms with Crippen molar-refractivity contribution in [2.45, 2.75) is 141 Å². The molecule has 6 atom stereocenters. The van der Waals surface area contributed by atoms with Gasteiger partial charge in [0.1, 0.15) is 29.3 Å². The summed E-state index contributed by atoms with van der Waals surface area (Å²) in [5, 5.41) is 2.56. The van der Waals surface area contributed by atoms with Crippen LogP contribution in [0, 0.1) is 12.8 Å². The van der Waals surface area contributed by atoms with E-state index in [0.29, 0.717) is 23.6 Å². The number of esters is 3. The number of morpholine rings is 1. The smallest absolute Gasteiger partial charge is 0.330 e. The molecule has 0 aliphatic carbocycles. The van der Waals surface area contributed by atoms with Gasteiger partial charge in [0.05, 0.1) is 73.4 Å². The van der Waals surface area contributed by atoms with Crippen molar-refractivity contribution in [2.24, 2.45) is 5.92 Å². The highest BCUT2D eigenvalue weighted by Crippen LogP contribution is 2.47. The fourth-order valence-electron chi connectivity index (χ4n) is 13.0. The molecule has 2 saturated heterocycles. The highest BCUT2D eigenvalue weighted by Gasteiger charge is 2.61. The van der Waals surface area contributed by atoms with Crippen LogP contribution in [0.1, 0.15) is 111 Å². The Morgan fingerprint density at radius 3 is 1.83 bits per heavy atom. The maximum Gasteiger partial charge on any atom is 0.330 e. The summed E-state index contributed by atoms with van der Waals surface area (Å²) >= 11 is 0. The van der Waals surface area contributed by atoms with Gasteiger partial charge in [0.15, 0.2) is 49.7 Å². The number of imidazole rings is 1. The van der Waals surface area contributed by atoms with E-state index in [1.807, 2.05) is 78.9 Å². The van der Waals surface area contributed by atoms with Gasteiger partial charge in [-0.15, -0.1) is 0 Å². The van der Waals surface area contributed by atoms with Crippen molar-refractivity contribution in [2.75, 3.05) is 98.6 Å². The molecular weight excluding hydrogens is 1260 g/mol. The number of carbonyl (C=O) groups excluding carboxylic acids is 4. The lowest BCUT2D eigenvalue weighted by Crippen LogP contribution is -2.62.